The molecular formula is C13H23NO4. The second kappa shape index (κ2) is 6.31. The van der Waals surface area contributed by atoms with Gasteiger partial charge in [0.1, 0.15) is 12.4 Å². The van der Waals surface area contributed by atoms with Crippen molar-refractivity contribution in [2.45, 2.75) is 32.4 Å². The van der Waals surface area contributed by atoms with Gasteiger partial charge in [-0.25, -0.2) is 4.79 Å². The number of methoxy groups -OCH3 is 1. The van der Waals surface area contributed by atoms with Gasteiger partial charge in [-0.2, -0.15) is 0 Å². The predicted molar refractivity (Wildman–Crippen MR) is 68.2 cm³/mol. The van der Waals surface area contributed by atoms with E-state index in [4.69, 9.17) is 14.2 Å². The largest absolute Gasteiger partial charge is 0.457 e. The van der Waals surface area contributed by atoms with Crippen molar-refractivity contribution in [2.24, 2.45) is 0 Å². The van der Waals surface area contributed by atoms with E-state index in [1.54, 1.807) is 7.11 Å². The Kier molecular flexibility index (Phi) is 5.31. The van der Waals surface area contributed by atoms with Gasteiger partial charge in [0.05, 0.1) is 18.2 Å². The molecule has 1 atom stereocenters. The maximum atomic E-state index is 12.0. The number of esters is 1. The number of ether oxygens (including phenoxy) is 3. The Morgan fingerprint density at radius 2 is 2.17 bits per heavy atom. The molecule has 0 spiro atoms. The molecule has 0 saturated heterocycles. The lowest BCUT2D eigenvalue weighted by atomic mass is 10.1. The molecule has 18 heavy (non-hydrogen) atoms. The van der Waals surface area contributed by atoms with E-state index in [0.29, 0.717) is 12.2 Å². The first kappa shape index (κ1) is 15.1. The van der Waals surface area contributed by atoms with Crippen LogP contribution in [0.3, 0.4) is 0 Å². The fraction of sp³-hybridized carbons (Fsp3) is 0.769. The summed E-state index contributed by atoms with van der Waals surface area (Å²) in [5.74, 6) is -0.266. The molecule has 0 unspecified atom stereocenters. The third-order valence-corrected chi connectivity index (χ3v) is 2.60. The van der Waals surface area contributed by atoms with Crippen LogP contribution in [0.2, 0.25) is 0 Å². The Hall–Kier alpha value is -0.910. The quantitative estimate of drug-likeness (QED) is 0.420. The van der Waals surface area contributed by atoms with Gasteiger partial charge in [-0.1, -0.05) is 6.08 Å². The van der Waals surface area contributed by atoms with Gasteiger partial charge in [-0.05, 0) is 27.8 Å². The third-order valence-electron chi connectivity index (χ3n) is 2.60. The minimum atomic E-state index is -0.475. The molecule has 1 rings (SSSR count). The highest BCUT2D eigenvalue weighted by Gasteiger charge is 2.32. The fourth-order valence-electron chi connectivity index (χ4n) is 1.76. The molecule has 5 nitrogen and oxygen atoms in total. The average Bonchev–Trinajstić information content (AvgIpc) is 2.58. The van der Waals surface area contributed by atoms with Crippen LogP contribution in [0, 0.1) is 0 Å². The molecule has 0 aromatic carbocycles. The first-order valence-electron chi connectivity index (χ1n) is 6.05. The van der Waals surface area contributed by atoms with Crippen LogP contribution in [-0.2, 0) is 19.0 Å². The van der Waals surface area contributed by atoms with E-state index in [-0.39, 0.29) is 18.8 Å². The molecule has 0 aliphatic carbocycles. The predicted octanol–water partition coefficient (Wildman–Crippen LogP) is 1.19. The Morgan fingerprint density at radius 3 is 2.72 bits per heavy atom. The Morgan fingerprint density at radius 1 is 1.50 bits per heavy atom. The summed E-state index contributed by atoms with van der Waals surface area (Å²) in [6, 6.07) is -0.0602. The summed E-state index contributed by atoms with van der Waals surface area (Å²) in [6.45, 7) is 6.97. The van der Waals surface area contributed by atoms with Crippen LogP contribution in [0.15, 0.2) is 11.6 Å². The van der Waals surface area contributed by atoms with E-state index >= 15 is 0 Å². The zero-order valence-corrected chi connectivity index (χ0v) is 11.9. The number of carbonyl (C=O) groups excluding carboxylic acids is 1. The van der Waals surface area contributed by atoms with Gasteiger partial charge in [-0.3, -0.25) is 4.90 Å². The van der Waals surface area contributed by atoms with Crippen molar-refractivity contribution in [3.05, 3.63) is 11.6 Å². The van der Waals surface area contributed by atoms with Gasteiger partial charge in [-0.15, -0.1) is 0 Å². The van der Waals surface area contributed by atoms with E-state index in [1.807, 2.05) is 33.9 Å². The Bertz CT molecular complexity index is 319. The van der Waals surface area contributed by atoms with E-state index in [9.17, 15) is 4.79 Å². The zero-order chi connectivity index (χ0) is 13.8. The third kappa shape index (κ3) is 4.40. The van der Waals surface area contributed by atoms with E-state index in [0.717, 1.165) is 6.54 Å². The Labute approximate surface area is 109 Å². The van der Waals surface area contributed by atoms with E-state index < -0.39 is 5.60 Å². The highest BCUT2D eigenvalue weighted by molar-refractivity contribution is 5.90. The van der Waals surface area contributed by atoms with Gasteiger partial charge < -0.3 is 14.2 Å². The van der Waals surface area contributed by atoms with Crippen LogP contribution >= 0.6 is 0 Å². The summed E-state index contributed by atoms with van der Waals surface area (Å²) in [7, 11) is 3.53. The SMILES string of the molecule is COCOC[C@@H]1C(C(=O)OC(C)(C)C)=CCN1C. The lowest BCUT2D eigenvalue weighted by Gasteiger charge is -2.25. The summed E-state index contributed by atoms with van der Waals surface area (Å²) >= 11 is 0. The van der Waals surface area contributed by atoms with Crippen LogP contribution in [0.4, 0.5) is 0 Å². The molecule has 1 aliphatic rings. The van der Waals surface area contributed by atoms with Crippen molar-refractivity contribution < 1.29 is 19.0 Å². The molecule has 0 aromatic heterocycles. The van der Waals surface area contributed by atoms with E-state index in [1.165, 1.54) is 0 Å². The number of carbonyl (C=O) groups is 1. The highest BCUT2D eigenvalue weighted by atomic mass is 16.7. The van der Waals surface area contributed by atoms with Crippen LogP contribution in [0.25, 0.3) is 0 Å². The van der Waals surface area contributed by atoms with Gasteiger partial charge in [0.25, 0.3) is 0 Å². The number of hydrogen-bond acceptors (Lipinski definition) is 5. The first-order valence-corrected chi connectivity index (χ1v) is 6.05. The summed E-state index contributed by atoms with van der Waals surface area (Å²) in [6.07, 6.45) is 1.90. The number of nitrogens with zero attached hydrogens (tertiary/aromatic N) is 1. The molecule has 5 heteroatoms. The molecule has 0 amide bonds. The van der Waals surface area contributed by atoms with Crippen molar-refractivity contribution in [3.63, 3.8) is 0 Å². The molecule has 0 aromatic rings. The van der Waals surface area contributed by atoms with Crippen molar-refractivity contribution in [1.82, 2.24) is 4.90 Å². The van der Waals surface area contributed by atoms with Gasteiger partial charge in [0.15, 0.2) is 0 Å². The van der Waals surface area contributed by atoms with Gasteiger partial charge >= 0.3 is 5.97 Å². The van der Waals surface area contributed by atoms with Crippen molar-refractivity contribution in [1.29, 1.82) is 0 Å². The normalized spacial score (nSPS) is 20.9. The second-order valence-corrected chi connectivity index (χ2v) is 5.39. The molecule has 1 heterocycles. The Balaban J connectivity index is 2.60. The molecule has 104 valence electrons. The van der Waals surface area contributed by atoms with Crippen LogP contribution in [0.5, 0.6) is 0 Å². The standard InChI is InChI=1S/C13H23NO4/c1-13(2,3)18-12(15)10-6-7-14(4)11(10)8-17-9-16-5/h6,11H,7-9H2,1-5H3/t11-/m1/s1. The van der Waals surface area contributed by atoms with Crippen LogP contribution in [0.1, 0.15) is 20.8 Å². The van der Waals surface area contributed by atoms with Crippen molar-refractivity contribution >= 4 is 5.97 Å². The topological polar surface area (TPSA) is 48.0 Å². The average molecular weight is 257 g/mol. The summed E-state index contributed by atoms with van der Waals surface area (Å²) in [4.78, 5) is 14.1. The minimum Gasteiger partial charge on any atom is -0.457 e. The van der Waals surface area contributed by atoms with Gasteiger partial charge in [0.2, 0.25) is 0 Å². The number of rotatable bonds is 5. The van der Waals surface area contributed by atoms with Crippen molar-refractivity contribution in [2.75, 3.05) is 34.1 Å². The molecule has 0 fully saturated rings. The fourth-order valence-corrected chi connectivity index (χ4v) is 1.76. The summed E-state index contributed by atoms with van der Waals surface area (Å²) < 4.78 is 15.6. The lowest BCUT2D eigenvalue weighted by molar-refractivity contribution is -0.150. The monoisotopic (exact) mass is 257 g/mol. The molecule has 0 N–H and O–H groups in total. The smallest absolute Gasteiger partial charge is 0.335 e. The maximum absolute atomic E-state index is 12.0. The zero-order valence-electron chi connectivity index (χ0n) is 11.9. The molecule has 0 saturated carbocycles. The van der Waals surface area contributed by atoms with Crippen LogP contribution < -0.4 is 0 Å². The minimum absolute atomic E-state index is 0.0602. The van der Waals surface area contributed by atoms with Gasteiger partial charge in [0, 0.05) is 13.7 Å². The molecular weight excluding hydrogens is 234 g/mol. The second-order valence-electron chi connectivity index (χ2n) is 5.39. The highest BCUT2D eigenvalue weighted by Crippen LogP contribution is 2.21. The number of hydrogen-bond donors (Lipinski definition) is 0. The molecule has 1 aliphatic heterocycles. The summed E-state index contributed by atoms with van der Waals surface area (Å²) in [5.41, 5.74) is 0.195. The van der Waals surface area contributed by atoms with E-state index in [2.05, 4.69) is 4.90 Å². The van der Waals surface area contributed by atoms with Crippen LogP contribution in [-0.4, -0.2) is 56.6 Å². The molecule has 0 radical (unpaired) electrons. The number of likely N-dealkylation sites (N-methyl/N-ethyl adjacent to an activating group) is 1. The lowest BCUT2D eigenvalue weighted by Crippen LogP contribution is -2.36. The maximum Gasteiger partial charge on any atom is 0.335 e. The molecule has 0 bridgehead atoms. The summed E-state index contributed by atoms with van der Waals surface area (Å²) in [5, 5.41) is 0. The van der Waals surface area contributed by atoms with Crippen molar-refractivity contribution in [3.8, 4) is 0 Å². The first-order chi connectivity index (χ1) is 8.35.